The van der Waals surface area contributed by atoms with E-state index in [1.54, 1.807) is 7.11 Å². The molecular formula is C22H36O3. The molecule has 4 saturated carbocycles. The minimum absolute atomic E-state index is 0.00172. The number of hydrogen-bond acceptors (Lipinski definition) is 3. The Bertz CT molecular complexity index is 545. The van der Waals surface area contributed by atoms with Crippen molar-refractivity contribution < 1.29 is 14.6 Å². The van der Waals surface area contributed by atoms with Crippen LogP contribution in [-0.4, -0.2) is 30.2 Å². The van der Waals surface area contributed by atoms with Gasteiger partial charge in [0.1, 0.15) is 5.78 Å². The van der Waals surface area contributed by atoms with Gasteiger partial charge in [0, 0.05) is 13.0 Å². The number of aliphatic hydroxyl groups is 1. The first-order chi connectivity index (χ1) is 11.8. The number of methoxy groups -OCH3 is 1. The largest absolute Gasteiger partial charge is 0.390 e. The number of carbonyl (C=O) groups excluding carboxylic acids is 1. The van der Waals surface area contributed by atoms with E-state index >= 15 is 0 Å². The lowest BCUT2D eigenvalue weighted by atomic mass is 9.44. The van der Waals surface area contributed by atoms with Crippen molar-refractivity contribution in [1.29, 1.82) is 0 Å². The first-order valence-electron chi connectivity index (χ1n) is 10.5. The molecule has 0 saturated heterocycles. The van der Waals surface area contributed by atoms with E-state index < -0.39 is 0 Å². The summed E-state index contributed by atoms with van der Waals surface area (Å²) in [6.45, 7) is 6.73. The minimum Gasteiger partial charge on any atom is -0.390 e. The lowest BCUT2D eigenvalue weighted by Crippen LogP contribution is -2.57. The highest BCUT2D eigenvalue weighted by molar-refractivity contribution is 5.79. The van der Waals surface area contributed by atoms with Gasteiger partial charge in [-0.25, -0.2) is 0 Å². The van der Waals surface area contributed by atoms with Crippen LogP contribution >= 0.6 is 0 Å². The molecule has 142 valence electrons. The standard InChI is InChI=1S/C22H36O3/c1-13(23)16-7-8-17-15-6-5-14-11-19(24)20(25-4)12-22(14,3)18(15)9-10-21(16,17)2/h14-20,24H,5-12H2,1-4H3/t14-,15-,16+,17-,18-,19?,20-,21+,22-/m0/s1. The van der Waals surface area contributed by atoms with E-state index in [4.69, 9.17) is 4.74 Å². The smallest absolute Gasteiger partial charge is 0.133 e. The first-order valence-corrected chi connectivity index (χ1v) is 10.5. The summed E-state index contributed by atoms with van der Waals surface area (Å²) in [6.07, 6.45) is 9.03. The lowest BCUT2D eigenvalue weighted by molar-refractivity contribution is -0.166. The Hall–Kier alpha value is -0.410. The molecule has 4 rings (SSSR count). The quantitative estimate of drug-likeness (QED) is 0.813. The van der Waals surface area contributed by atoms with Gasteiger partial charge in [0.15, 0.2) is 0 Å². The number of Topliss-reactive ketones (excluding diaryl/α,β-unsaturated/α-hetero) is 1. The molecule has 4 aliphatic rings. The Morgan fingerprint density at radius 2 is 1.76 bits per heavy atom. The highest BCUT2D eigenvalue weighted by Crippen LogP contribution is 2.67. The van der Waals surface area contributed by atoms with E-state index in [0.29, 0.717) is 23.0 Å². The van der Waals surface area contributed by atoms with Crippen molar-refractivity contribution in [3.05, 3.63) is 0 Å². The maximum Gasteiger partial charge on any atom is 0.133 e. The van der Waals surface area contributed by atoms with Crippen LogP contribution in [0.5, 0.6) is 0 Å². The second-order valence-electron chi connectivity index (χ2n) is 10.2. The summed E-state index contributed by atoms with van der Waals surface area (Å²) < 4.78 is 5.66. The molecule has 0 heterocycles. The number of fused-ring (bicyclic) bond motifs is 5. The van der Waals surface area contributed by atoms with Crippen LogP contribution in [0.1, 0.15) is 72.1 Å². The van der Waals surface area contributed by atoms with E-state index in [9.17, 15) is 9.90 Å². The highest BCUT2D eigenvalue weighted by atomic mass is 16.5. The molecule has 1 N–H and O–H groups in total. The van der Waals surface area contributed by atoms with E-state index in [-0.39, 0.29) is 17.6 Å². The van der Waals surface area contributed by atoms with Crippen molar-refractivity contribution in [2.24, 2.45) is 40.4 Å². The molecule has 4 fully saturated rings. The summed E-state index contributed by atoms with van der Waals surface area (Å²) in [5.41, 5.74) is 0.545. The van der Waals surface area contributed by atoms with E-state index in [0.717, 1.165) is 37.0 Å². The van der Waals surface area contributed by atoms with Crippen LogP contribution < -0.4 is 0 Å². The summed E-state index contributed by atoms with van der Waals surface area (Å²) >= 11 is 0. The Morgan fingerprint density at radius 1 is 1.04 bits per heavy atom. The summed E-state index contributed by atoms with van der Waals surface area (Å²) in [5, 5.41) is 10.4. The summed E-state index contributed by atoms with van der Waals surface area (Å²) in [4.78, 5) is 12.2. The zero-order valence-corrected chi connectivity index (χ0v) is 16.5. The zero-order valence-electron chi connectivity index (χ0n) is 16.5. The third-order valence-corrected chi connectivity index (χ3v) is 9.45. The topological polar surface area (TPSA) is 46.5 Å². The highest BCUT2D eigenvalue weighted by Gasteiger charge is 2.61. The molecule has 0 aromatic rings. The van der Waals surface area contributed by atoms with Crippen LogP contribution in [0.25, 0.3) is 0 Å². The third kappa shape index (κ3) is 2.48. The van der Waals surface area contributed by atoms with Gasteiger partial charge in [-0.3, -0.25) is 4.79 Å². The molecule has 0 aromatic carbocycles. The number of aliphatic hydroxyl groups excluding tert-OH is 1. The van der Waals surface area contributed by atoms with Crippen molar-refractivity contribution in [2.45, 2.75) is 84.3 Å². The number of hydrogen-bond donors (Lipinski definition) is 1. The lowest BCUT2D eigenvalue weighted by Gasteiger charge is -2.61. The molecule has 0 aliphatic heterocycles. The molecule has 1 unspecified atom stereocenters. The maximum absolute atomic E-state index is 12.2. The predicted molar refractivity (Wildman–Crippen MR) is 98.1 cm³/mol. The summed E-state index contributed by atoms with van der Waals surface area (Å²) in [6, 6.07) is 0. The fourth-order valence-corrected chi connectivity index (χ4v) is 8.16. The van der Waals surface area contributed by atoms with E-state index in [1.807, 2.05) is 6.92 Å². The van der Waals surface area contributed by atoms with Crippen molar-refractivity contribution in [1.82, 2.24) is 0 Å². The predicted octanol–water partition coefficient (Wildman–Crippen LogP) is 4.22. The number of rotatable bonds is 2. The molecule has 0 amide bonds. The van der Waals surface area contributed by atoms with Crippen LogP contribution in [0.15, 0.2) is 0 Å². The first kappa shape index (κ1) is 18.0. The van der Waals surface area contributed by atoms with Crippen LogP contribution in [0.3, 0.4) is 0 Å². The van der Waals surface area contributed by atoms with Gasteiger partial charge >= 0.3 is 0 Å². The van der Waals surface area contributed by atoms with Gasteiger partial charge in [0.25, 0.3) is 0 Å². The van der Waals surface area contributed by atoms with Gasteiger partial charge in [0.05, 0.1) is 12.2 Å². The second-order valence-corrected chi connectivity index (χ2v) is 10.2. The van der Waals surface area contributed by atoms with E-state index in [1.165, 1.54) is 32.1 Å². The van der Waals surface area contributed by atoms with Gasteiger partial charge in [0.2, 0.25) is 0 Å². The number of carbonyl (C=O) groups is 1. The molecule has 3 heteroatoms. The van der Waals surface area contributed by atoms with Crippen LogP contribution in [0.2, 0.25) is 0 Å². The SMILES string of the molecule is CO[C@H]1C[C@@]2(C)[C@@H](CC[C@@H]3[C@@H]2CC[C@]2(C)[C@@H](C(C)=O)CC[C@@H]32)CC1O. The van der Waals surface area contributed by atoms with Gasteiger partial charge in [-0.2, -0.15) is 0 Å². The third-order valence-electron chi connectivity index (χ3n) is 9.45. The molecule has 0 bridgehead atoms. The van der Waals surface area contributed by atoms with Crippen LogP contribution in [0.4, 0.5) is 0 Å². The molecule has 0 spiro atoms. The van der Waals surface area contributed by atoms with Gasteiger partial charge < -0.3 is 9.84 Å². The van der Waals surface area contributed by atoms with E-state index in [2.05, 4.69) is 13.8 Å². The monoisotopic (exact) mass is 348 g/mol. The van der Waals surface area contributed by atoms with Gasteiger partial charge in [-0.1, -0.05) is 13.8 Å². The fraction of sp³-hybridized carbons (Fsp3) is 0.955. The molecule has 3 nitrogen and oxygen atoms in total. The number of ketones is 1. The average Bonchev–Trinajstić information content (AvgIpc) is 2.92. The van der Waals surface area contributed by atoms with Gasteiger partial charge in [-0.05, 0) is 92.8 Å². The second kappa shape index (κ2) is 6.05. The molecule has 0 aromatic heterocycles. The normalized spacial score (nSPS) is 55.2. The maximum atomic E-state index is 12.2. The fourth-order valence-electron chi connectivity index (χ4n) is 8.16. The van der Waals surface area contributed by atoms with Crippen LogP contribution in [0, 0.1) is 40.4 Å². The Balaban J connectivity index is 1.62. The molecular weight excluding hydrogens is 312 g/mol. The Labute approximate surface area is 152 Å². The summed E-state index contributed by atoms with van der Waals surface area (Å²) in [7, 11) is 1.75. The summed E-state index contributed by atoms with van der Waals surface area (Å²) in [5.74, 6) is 3.61. The van der Waals surface area contributed by atoms with Crippen molar-refractivity contribution in [3.8, 4) is 0 Å². The minimum atomic E-state index is -0.290. The van der Waals surface area contributed by atoms with Crippen molar-refractivity contribution in [3.63, 3.8) is 0 Å². The molecule has 9 atom stereocenters. The van der Waals surface area contributed by atoms with Crippen molar-refractivity contribution >= 4 is 5.78 Å². The van der Waals surface area contributed by atoms with Crippen molar-refractivity contribution in [2.75, 3.05) is 7.11 Å². The number of ether oxygens (including phenoxy) is 1. The Kier molecular flexibility index (Phi) is 4.35. The van der Waals surface area contributed by atoms with Crippen LogP contribution in [-0.2, 0) is 9.53 Å². The Morgan fingerprint density at radius 3 is 2.44 bits per heavy atom. The molecule has 4 aliphatic carbocycles. The molecule has 0 radical (unpaired) electrons. The molecule has 25 heavy (non-hydrogen) atoms. The van der Waals surface area contributed by atoms with Gasteiger partial charge in [-0.15, -0.1) is 0 Å². The average molecular weight is 349 g/mol. The zero-order chi connectivity index (χ0) is 18.0.